The van der Waals surface area contributed by atoms with E-state index in [1.807, 2.05) is 0 Å². The van der Waals surface area contributed by atoms with E-state index in [2.05, 4.69) is 15.5 Å². The number of nitrogens with two attached hydrogens (primary N) is 1. The molecule has 10 heteroatoms. The summed E-state index contributed by atoms with van der Waals surface area (Å²) in [6, 6.07) is 0. The fourth-order valence-corrected chi connectivity index (χ4v) is 6.09. The average molecular weight is 436 g/mol. The molecule has 3 N–H and O–H groups in total. The maximum atomic E-state index is 12.5. The third-order valence-corrected chi connectivity index (χ3v) is 7.71. The molecule has 1 amide bonds. The summed E-state index contributed by atoms with van der Waals surface area (Å²) in [4.78, 5) is 25.9. The first-order valence-electron chi connectivity index (χ1n) is 9.94. The number of thiophene rings is 1. The number of amides is 1. The van der Waals surface area contributed by atoms with Gasteiger partial charge in [0, 0.05) is 10.8 Å². The summed E-state index contributed by atoms with van der Waals surface area (Å²) in [5.41, 5.74) is 1.52. The molecular weight excluding hydrogens is 410 g/mol. The van der Waals surface area contributed by atoms with Crippen molar-refractivity contribution in [1.82, 2.24) is 14.9 Å². The fourth-order valence-electron chi connectivity index (χ4n) is 4.13. The van der Waals surface area contributed by atoms with Crippen LogP contribution < -0.4 is 11.2 Å². The number of ether oxygens (including phenoxy) is 1. The zero-order valence-corrected chi connectivity index (χ0v) is 18.0. The van der Waals surface area contributed by atoms with E-state index in [4.69, 9.17) is 10.6 Å². The normalized spacial score (nSPS) is 16.6. The minimum atomic E-state index is -0.397. The number of carbonyl (C=O) groups excluding carboxylic acids is 2. The van der Waals surface area contributed by atoms with Crippen molar-refractivity contribution in [2.45, 2.75) is 62.4 Å². The number of aromatic nitrogens is 3. The Morgan fingerprint density at radius 2 is 2.03 bits per heavy atom. The van der Waals surface area contributed by atoms with Gasteiger partial charge in [-0.05, 0) is 37.7 Å². The van der Waals surface area contributed by atoms with E-state index in [1.165, 1.54) is 54.1 Å². The standard InChI is InChI=1S/C19H25N5O3S2/c1-27-18(26)15-12-8-5-9-13(12)29-17(15)21-14(25)10-28-19-23-22-16(24(19)20)11-6-3-2-4-7-11/h11H,2-10,20H2,1H3,(H,21,25). The zero-order valence-electron chi connectivity index (χ0n) is 16.4. The molecule has 2 heterocycles. The lowest BCUT2D eigenvalue weighted by Crippen LogP contribution is -2.20. The van der Waals surface area contributed by atoms with E-state index in [0.29, 0.717) is 21.6 Å². The number of esters is 1. The summed E-state index contributed by atoms with van der Waals surface area (Å²) in [7, 11) is 1.36. The molecule has 8 nitrogen and oxygen atoms in total. The Morgan fingerprint density at radius 1 is 1.24 bits per heavy atom. The summed E-state index contributed by atoms with van der Waals surface area (Å²) in [6.07, 6.45) is 8.63. The monoisotopic (exact) mass is 435 g/mol. The van der Waals surface area contributed by atoms with Gasteiger partial charge in [0.2, 0.25) is 11.1 Å². The number of carbonyl (C=O) groups is 2. The number of methoxy groups -OCH3 is 1. The van der Waals surface area contributed by atoms with Crippen LogP contribution >= 0.6 is 23.1 Å². The summed E-state index contributed by atoms with van der Waals surface area (Å²) < 4.78 is 6.44. The Kier molecular flexibility index (Phi) is 6.09. The first-order valence-corrected chi connectivity index (χ1v) is 11.7. The number of nitrogens with one attached hydrogen (secondary N) is 1. The first kappa shape index (κ1) is 20.2. The van der Waals surface area contributed by atoms with E-state index in [-0.39, 0.29) is 11.7 Å². The number of rotatable bonds is 6. The molecule has 2 aliphatic rings. The predicted molar refractivity (Wildman–Crippen MR) is 113 cm³/mol. The van der Waals surface area contributed by atoms with Gasteiger partial charge in [0.1, 0.15) is 5.00 Å². The lowest BCUT2D eigenvalue weighted by molar-refractivity contribution is -0.113. The molecule has 1 fully saturated rings. The molecule has 0 bridgehead atoms. The molecule has 0 aliphatic heterocycles. The van der Waals surface area contributed by atoms with Gasteiger partial charge < -0.3 is 15.9 Å². The maximum absolute atomic E-state index is 12.5. The van der Waals surface area contributed by atoms with Gasteiger partial charge in [0.25, 0.3) is 0 Å². The summed E-state index contributed by atoms with van der Waals surface area (Å²) in [5.74, 6) is 6.87. The Bertz CT molecular complexity index is 917. The van der Waals surface area contributed by atoms with Gasteiger partial charge in [-0.2, -0.15) is 0 Å². The van der Waals surface area contributed by atoms with Crippen LogP contribution in [0.25, 0.3) is 0 Å². The Morgan fingerprint density at radius 3 is 2.79 bits per heavy atom. The van der Waals surface area contributed by atoms with Gasteiger partial charge in [0.15, 0.2) is 5.82 Å². The molecule has 0 atom stereocenters. The van der Waals surface area contributed by atoms with Crippen molar-refractivity contribution in [1.29, 1.82) is 0 Å². The second-order valence-corrected chi connectivity index (χ2v) is 9.48. The number of nitrogens with zero attached hydrogens (tertiary/aromatic N) is 3. The van der Waals surface area contributed by atoms with Crippen LogP contribution in [0.15, 0.2) is 5.16 Å². The van der Waals surface area contributed by atoms with Crippen LogP contribution in [-0.4, -0.2) is 39.6 Å². The van der Waals surface area contributed by atoms with Gasteiger partial charge in [-0.1, -0.05) is 31.0 Å². The van der Waals surface area contributed by atoms with Crippen molar-refractivity contribution in [2.24, 2.45) is 0 Å². The number of aryl methyl sites for hydroxylation is 1. The van der Waals surface area contributed by atoms with Crippen LogP contribution in [0.3, 0.4) is 0 Å². The van der Waals surface area contributed by atoms with Crippen LogP contribution in [0, 0.1) is 0 Å². The SMILES string of the molecule is COC(=O)c1c(NC(=O)CSc2nnc(C3CCCCC3)n2N)sc2c1CCC2. The molecule has 0 unspecified atom stereocenters. The van der Waals surface area contributed by atoms with Crippen LogP contribution in [0.2, 0.25) is 0 Å². The van der Waals surface area contributed by atoms with Crippen molar-refractivity contribution in [2.75, 3.05) is 24.0 Å². The highest BCUT2D eigenvalue weighted by Gasteiger charge is 2.28. The van der Waals surface area contributed by atoms with Gasteiger partial charge in [-0.25, -0.2) is 9.47 Å². The van der Waals surface area contributed by atoms with Crippen molar-refractivity contribution < 1.29 is 14.3 Å². The van der Waals surface area contributed by atoms with Gasteiger partial charge in [-0.3, -0.25) is 4.79 Å². The quantitative estimate of drug-likeness (QED) is 0.407. The van der Waals surface area contributed by atoms with Crippen molar-refractivity contribution in [3.8, 4) is 0 Å². The maximum Gasteiger partial charge on any atom is 0.341 e. The highest BCUT2D eigenvalue weighted by Crippen LogP contribution is 2.39. The Labute approximate surface area is 177 Å². The average Bonchev–Trinajstić information content (AvgIpc) is 3.41. The Balaban J connectivity index is 1.40. The number of anilines is 1. The number of nitrogen functional groups attached to an aromatic ring is 1. The minimum absolute atomic E-state index is 0.142. The number of hydrogen-bond acceptors (Lipinski definition) is 8. The van der Waals surface area contributed by atoms with Crippen LogP contribution in [0.4, 0.5) is 5.00 Å². The van der Waals surface area contributed by atoms with Gasteiger partial charge in [-0.15, -0.1) is 21.5 Å². The second kappa shape index (κ2) is 8.74. The highest BCUT2D eigenvalue weighted by molar-refractivity contribution is 7.99. The lowest BCUT2D eigenvalue weighted by atomic mass is 9.89. The van der Waals surface area contributed by atoms with Crippen LogP contribution in [0.5, 0.6) is 0 Å². The number of hydrogen-bond donors (Lipinski definition) is 2. The fraction of sp³-hybridized carbons (Fsp3) is 0.579. The van der Waals surface area contributed by atoms with E-state index in [0.717, 1.165) is 48.4 Å². The number of fused-ring (bicyclic) bond motifs is 1. The van der Waals surface area contributed by atoms with E-state index in [1.54, 1.807) is 0 Å². The molecule has 29 heavy (non-hydrogen) atoms. The molecule has 0 spiro atoms. The predicted octanol–water partition coefficient (Wildman–Crippen LogP) is 3.11. The Hall–Kier alpha value is -2.07. The number of thioether (sulfide) groups is 1. The largest absolute Gasteiger partial charge is 0.465 e. The summed E-state index contributed by atoms with van der Waals surface area (Å²) in [6.45, 7) is 0. The molecular formula is C19H25N5O3S2. The molecule has 4 rings (SSSR count). The van der Waals surface area contributed by atoms with Crippen molar-refractivity contribution in [3.63, 3.8) is 0 Å². The third kappa shape index (κ3) is 4.13. The summed E-state index contributed by atoms with van der Waals surface area (Å²) >= 11 is 2.72. The topological polar surface area (TPSA) is 112 Å². The highest BCUT2D eigenvalue weighted by atomic mass is 32.2. The molecule has 0 radical (unpaired) electrons. The molecule has 0 aromatic carbocycles. The second-order valence-electron chi connectivity index (χ2n) is 7.44. The summed E-state index contributed by atoms with van der Waals surface area (Å²) in [5, 5.41) is 12.4. The van der Waals surface area contributed by atoms with E-state index < -0.39 is 5.97 Å². The van der Waals surface area contributed by atoms with Crippen molar-refractivity contribution >= 4 is 40.0 Å². The minimum Gasteiger partial charge on any atom is -0.465 e. The third-order valence-electron chi connectivity index (χ3n) is 5.56. The molecule has 1 saturated carbocycles. The van der Waals surface area contributed by atoms with Crippen LogP contribution in [-0.2, 0) is 22.4 Å². The van der Waals surface area contributed by atoms with Crippen LogP contribution in [0.1, 0.15) is 71.1 Å². The molecule has 2 aromatic heterocycles. The van der Waals surface area contributed by atoms with Gasteiger partial charge >= 0.3 is 5.97 Å². The molecule has 156 valence electrons. The van der Waals surface area contributed by atoms with E-state index >= 15 is 0 Å². The molecule has 0 saturated heterocycles. The first-order chi connectivity index (χ1) is 14.1. The van der Waals surface area contributed by atoms with Crippen molar-refractivity contribution in [3.05, 3.63) is 21.8 Å². The smallest absolute Gasteiger partial charge is 0.341 e. The van der Waals surface area contributed by atoms with Gasteiger partial charge in [0.05, 0.1) is 18.4 Å². The molecule has 2 aromatic rings. The lowest BCUT2D eigenvalue weighted by Gasteiger charge is -2.20. The van der Waals surface area contributed by atoms with E-state index in [9.17, 15) is 9.59 Å². The zero-order chi connectivity index (χ0) is 20.4. The molecule has 2 aliphatic carbocycles.